The minimum atomic E-state index is -0.370. The summed E-state index contributed by atoms with van der Waals surface area (Å²) in [6, 6.07) is 12.7. The van der Waals surface area contributed by atoms with Crippen LogP contribution < -0.4 is 10.1 Å². The standard InChI is InChI=1S/C18H15FN2O3S/c19-13-7-5-12(6-8-13)9-14-10-20-18(25-14)21-17(23)11-24-16-4-2-1-3-15(16)22/h1-8,10,22H,9,11H2,(H,20,21,23). The second kappa shape index (κ2) is 7.76. The van der Waals surface area contributed by atoms with Crippen LogP contribution in [0.3, 0.4) is 0 Å². The number of phenolic OH excluding ortho intramolecular Hbond substituents is 1. The van der Waals surface area contributed by atoms with Crippen molar-refractivity contribution in [3.05, 3.63) is 71.0 Å². The highest BCUT2D eigenvalue weighted by molar-refractivity contribution is 7.15. The number of thiazole rings is 1. The van der Waals surface area contributed by atoms with E-state index in [0.717, 1.165) is 10.4 Å². The highest BCUT2D eigenvalue weighted by Gasteiger charge is 2.09. The number of hydrogen-bond donors (Lipinski definition) is 2. The van der Waals surface area contributed by atoms with E-state index < -0.39 is 0 Å². The van der Waals surface area contributed by atoms with Crippen LogP contribution in [0.1, 0.15) is 10.4 Å². The van der Waals surface area contributed by atoms with Crippen LogP contribution in [0, 0.1) is 5.82 Å². The Morgan fingerprint density at radius 3 is 2.72 bits per heavy atom. The Bertz CT molecular complexity index is 865. The lowest BCUT2D eigenvalue weighted by Crippen LogP contribution is -2.20. The third-order valence-corrected chi connectivity index (χ3v) is 4.23. The third kappa shape index (κ3) is 4.77. The molecule has 128 valence electrons. The molecule has 0 spiro atoms. The summed E-state index contributed by atoms with van der Waals surface area (Å²) in [6.45, 7) is -0.232. The molecule has 2 N–H and O–H groups in total. The monoisotopic (exact) mass is 358 g/mol. The van der Waals surface area contributed by atoms with E-state index in [9.17, 15) is 14.3 Å². The van der Waals surface area contributed by atoms with Gasteiger partial charge < -0.3 is 9.84 Å². The number of aromatic hydroxyl groups is 1. The number of rotatable bonds is 6. The maximum absolute atomic E-state index is 12.9. The number of benzene rings is 2. The number of halogens is 1. The molecular formula is C18H15FN2O3S. The van der Waals surface area contributed by atoms with Crippen LogP contribution in [-0.4, -0.2) is 22.6 Å². The number of ether oxygens (including phenoxy) is 1. The number of carbonyl (C=O) groups excluding carboxylic acids is 1. The highest BCUT2D eigenvalue weighted by atomic mass is 32.1. The lowest BCUT2D eigenvalue weighted by atomic mass is 10.1. The second-order valence-corrected chi connectivity index (χ2v) is 6.35. The van der Waals surface area contributed by atoms with Crippen molar-refractivity contribution in [1.82, 2.24) is 4.98 Å². The average Bonchev–Trinajstić information content (AvgIpc) is 3.03. The van der Waals surface area contributed by atoms with Gasteiger partial charge in [-0.05, 0) is 29.8 Å². The molecule has 5 nitrogen and oxygen atoms in total. The molecular weight excluding hydrogens is 343 g/mol. The molecule has 25 heavy (non-hydrogen) atoms. The Labute approximate surface area is 147 Å². The largest absolute Gasteiger partial charge is 0.504 e. The maximum Gasteiger partial charge on any atom is 0.264 e. The minimum absolute atomic E-state index is 0.0221. The summed E-state index contributed by atoms with van der Waals surface area (Å²) in [5.41, 5.74) is 0.964. The van der Waals surface area contributed by atoms with Gasteiger partial charge >= 0.3 is 0 Å². The lowest BCUT2D eigenvalue weighted by molar-refractivity contribution is -0.118. The van der Waals surface area contributed by atoms with Crippen molar-refractivity contribution in [1.29, 1.82) is 0 Å². The van der Waals surface area contributed by atoms with Crippen molar-refractivity contribution >= 4 is 22.4 Å². The van der Waals surface area contributed by atoms with E-state index in [1.165, 1.54) is 29.5 Å². The maximum atomic E-state index is 12.9. The summed E-state index contributed by atoms with van der Waals surface area (Å²) in [6.07, 6.45) is 2.29. The zero-order chi connectivity index (χ0) is 17.6. The molecule has 0 unspecified atom stereocenters. The van der Waals surface area contributed by atoms with Gasteiger partial charge in [0.1, 0.15) is 5.82 Å². The summed E-state index contributed by atoms with van der Waals surface area (Å²) in [5.74, 6) is -0.420. The molecule has 3 rings (SSSR count). The molecule has 0 saturated heterocycles. The molecule has 0 aliphatic carbocycles. The number of carbonyl (C=O) groups is 1. The van der Waals surface area contributed by atoms with Crippen LogP contribution in [-0.2, 0) is 11.2 Å². The van der Waals surface area contributed by atoms with Gasteiger partial charge in [-0.2, -0.15) is 0 Å². The molecule has 0 atom stereocenters. The van der Waals surface area contributed by atoms with E-state index in [0.29, 0.717) is 11.6 Å². The molecule has 0 aliphatic heterocycles. The summed E-state index contributed by atoms with van der Waals surface area (Å²) >= 11 is 1.34. The molecule has 0 aliphatic rings. The number of nitrogens with zero attached hydrogens (tertiary/aromatic N) is 1. The van der Waals surface area contributed by atoms with Gasteiger partial charge in [-0.3, -0.25) is 10.1 Å². The molecule has 1 amide bonds. The molecule has 3 aromatic rings. The van der Waals surface area contributed by atoms with E-state index in [4.69, 9.17) is 4.74 Å². The quantitative estimate of drug-likeness (QED) is 0.706. The Balaban J connectivity index is 1.53. The van der Waals surface area contributed by atoms with Gasteiger partial charge in [-0.1, -0.05) is 24.3 Å². The number of amides is 1. The van der Waals surface area contributed by atoms with Crippen molar-refractivity contribution in [3.8, 4) is 11.5 Å². The first-order chi connectivity index (χ1) is 12.1. The van der Waals surface area contributed by atoms with Gasteiger partial charge in [-0.25, -0.2) is 9.37 Å². The van der Waals surface area contributed by atoms with Gasteiger partial charge in [0.25, 0.3) is 5.91 Å². The van der Waals surface area contributed by atoms with E-state index in [-0.39, 0.29) is 29.8 Å². The van der Waals surface area contributed by atoms with Gasteiger partial charge in [0.05, 0.1) is 0 Å². The first-order valence-corrected chi connectivity index (χ1v) is 8.31. The van der Waals surface area contributed by atoms with Gasteiger partial charge in [0.15, 0.2) is 23.2 Å². The summed E-state index contributed by atoms with van der Waals surface area (Å²) in [4.78, 5) is 17.0. The number of hydrogen-bond acceptors (Lipinski definition) is 5. The van der Waals surface area contributed by atoms with Gasteiger partial charge in [0, 0.05) is 17.5 Å². The minimum Gasteiger partial charge on any atom is -0.504 e. The molecule has 0 fully saturated rings. The Hall–Kier alpha value is -2.93. The predicted octanol–water partition coefficient (Wildman–Crippen LogP) is 3.60. The number of aromatic nitrogens is 1. The van der Waals surface area contributed by atoms with Crippen molar-refractivity contribution in [2.45, 2.75) is 6.42 Å². The van der Waals surface area contributed by atoms with Crippen molar-refractivity contribution in [2.75, 3.05) is 11.9 Å². The first kappa shape index (κ1) is 16.9. The fourth-order valence-electron chi connectivity index (χ4n) is 2.13. The average molecular weight is 358 g/mol. The Kier molecular flexibility index (Phi) is 5.25. The van der Waals surface area contributed by atoms with Crippen molar-refractivity contribution in [3.63, 3.8) is 0 Å². The summed E-state index contributed by atoms with van der Waals surface area (Å²) in [7, 11) is 0. The van der Waals surface area contributed by atoms with Crippen molar-refractivity contribution in [2.24, 2.45) is 0 Å². The SMILES string of the molecule is O=C(COc1ccccc1O)Nc1ncc(Cc2ccc(F)cc2)s1. The number of phenols is 1. The lowest BCUT2D eigenvalue weighted by Gasteiger charge is -2.06. The van der Waals surface area contributed by atoms with E-state index in [1.54, 1.807) is 36.5 Å². The van der Waals surface area contributed by atoms with Gasteiger partial charge in [-0.15, -0.1) is 11.3 Å². The summed E-state index contributed by atoms with van der Waals surface area (Å²) < 4.78 is 18.2. The fourth-order valence-corrected chi connectivity index (χ4v) is 2.99. The number of para-hydroxylation sites is 2. The number of nitrogens with one attached hydrogen (secondary N) is 1. The van der Waals surface area contributed by atoms with E-state index in [1.807, 2.05) is 0 Å². The Morgan fingerprint density at radius 1 is 1.20 bits per heavy atom. The predicted molar refractivity (Wildman–Crippen MR) is 93.6 cm³/mol. The van der Waals surface area contributed by atoms with Crippen LogP contribution in [0.2, 0.25) is 0 Å². The van der Waals surface area contributed by atoms with E-state index >= 15 is 0 Å². The molecule has 0 bridgehead atoms. The summed E-state index contributed by atoms with van der Waals surface area (Å²) in [5, 5.41) is 12.7. The molecule has 0 saturated carbocycles. The molecule has 1 aromatic heterocycles. The van der Waals surface area contributed by atoms with Crippen LogP contribution >= 0.6 is 11.3 Å². The topological polar surface area (TPSA) is 71.5 Å². The number of anilines is 1. The normalized spacial score (nSPS) is 10.4. The molecule has 1 heterocycles. The van der Waals surface area contributed by atoms with Crippen LogP contribution in [0.4, 0.5) is 9.52 Å². The van der Waals surface area contributed by atoms with Crippen molar-refractivity contribution < 1.29 is 19.0 Å². The zero-order valence-electron chi connectivity index (χ0n) is 13.1. The van der Waals surface area contributed by atoms with Gasteiger partial charge in [0.2, 0.25) is 0 Å². The molecule has 0 radical (unpaired) electrons. The smallest absolute Gasteiger partial charge is 0.264 e. The molecule has 2 aromatic carbocycles. The first-order valence-electron chi connectivity index (χ1n) is 7.50. The van der Waals surface area contributed by atoms with Crippen LogP contribution in [0.25, 0.3) is 0 Å². The van der Waals surface area contributed by atoms with Crippen LogP contribution in [0.5, 0.6) is 11.5 Å². The fraction of sp³-hybridized carbons (Fsp3) is 0.111. The zero-order valence-corrected chi connectivity index (χ0v) is 13.9. The van der Waals surface area contributed by atoms with E-state index in [2.05, 4.69) is 10.3 Å². The highest BCUT2D eigenvalue weighted by Crippen LogP contribution is 2.24. The van der Waals surface area contributed by atoms with Crippen LogP contribution in [0.15, 0.2) is 54.7 Å². The molecule has 7 heteroatoms. The Morgan fingerprint density at radius 2 is 1.96 bits per heavy atom. The second-order valence-electron chi connectivity index (χ2n) is 5.24. The third-order valence-electron chi connectivity index (χ3n) is 3.32.